The van der Waals surface area contributed by atoms with E-state index in [4.69, 9.17) is 18.6 Å². The summed E-state index contributed by atoms with van der Waals surface area (Å²) in [7, 11) is 0. The van der Waals surface area contributed by atoms with Gasteiger partial charge in [0, 0.05) is 16.8 Å². The Morgan fingerprint density at radius 2 is 1.59 bits per heavy atom. The summed E-state index contributed by atoms with van der Waals surface area (Å²) in [6.45, 7) is 8.97. The van der Waals surface area contributed by atoms with Gasteiger partial charge in [-0.1, -0.05) is 18.2 Å². The van der Waals surface area contributed by atoms with Crippen molar-refractivity contribution in [1.29, 1.82) is 0 Å². The summed E-state index contributed by atoms with van der Waals surface area (Å²) in [5, 5.41) is 2.93. The van der Waals surface area contributed by atoms with Crippen molar-refractivity contribution < 1.29 is 23.4 Å². The second kappa shape index (κ2) is 10.3. The lowest BCUT2D eigenvalue weighted by Crippen LogP contribution is -2.13. The number of aryl methyl sites for hydroxylation is 1. The number of ether oxygens (including phenoxy) is 3. The van der Waals surface area contributed by atoms with Gasteiger partial charge in [-0.05, 0) is 69.7 Å². The van der Waals surface area contributed by atoms with Gasteiger partial charge in [-0.15, -0.1) is 0 Å². The lowest BCUT2D eigenvalue weighted by Gasteiger charge is -2.17. The van der Waals surface area contributed by atoms with E-state index in [1.807, 2.05) is 52.0 Å². The largest absolute Gasteiger partial charge is 0.490 e. The first-order valence-electron chi connectivity index (χ1n) is 11.4. The van der Waals surface area contributed by atoms with E-state index in [0.717, 1.165) is 11.1 Å². The summed E-state index contributed by atoms with van der Waals surface area (Å²) in [6.07, 6.45) is 0. The Morgan fingerprint density at radius 3 is 2.24 bits per heavy atom. The molecule has 0 saturated carbocycles. The fourth-order valence-electron chi connectivity index (χ4n) is 3.66. The van der Waals surface area contributed by atoms with Gasteiger partial charge in [0.05, 0.1) is 19.8 Å². The van der Waals surface area contributed by atoms with Gasteiger partial charge >= 0.3 is 0 Å². The molecular weight excluding hydrogens is 432 g/mol. The quantitative estimate of drug-likeness (QED) is 0.318. The molecule has 0 atom stereocenters. The van der Waals surface area contributed by atoms with Gasteiger partial charge in [0.15, 0.2) is 17.1 Å². The van der Waals surface area contributed by atoms with Crippen molar-refractivity contribution in [2.45, 2.75) is 27.7 Å². The van der Waals surface area contributed by atoms with E-state index in [1.54, 1.807) is 30.3 Å². The van der Waals surface area contributed by atoms with Crippen molar-refractivity contribution >= 4 is 22.7 Å². The summed E-state index contributed by atoms with van der Waals surface area (Å²) in [6, 6.07) is 16.6. The first kappa shape index (κ1) is 23.2. The van der Waals surface area contributed by atoms with Gasteiger partial charge in [0.25, 0.3) is 5.91 Å². The van der Waals surface area contributed by atoms with Gasteiger partial charge in [-0.2, -0.15) is 0 Å². The van der Waals surface area contributed by atoms with Crippen LogP contribution in [0.1, 0.15) is 36.7 Å². The average Bonchev–Trinajstić information content (AvgIpc) is 3.24. The van der Waals surface area contributed by atoms with E-state index in [0.29, 0.717) is 65.3 Å². The second-order valence-electron chi connectivity index (χ2n) is 7.57. The van der Waals surface area contributed by atoms with Crippen LogP contribution in [0.3, 0.4) is 0 Å². The molecule has 0 fully saturated rings. The highest BCUT2D eigenvalue weighted by Gasteiger charge is 2.19. The number of nitrogens with zero attached hydrogens (tertiary/aromatic N) is 1. The molecule has 4 rings (SSSR count). The minimum atomic E-state index is -0.299. The zero-order valence-corrected chi connectivity index (χ0v) is 19.8. The number of amides is 1. The number of rotatable bonds is 9. The number of nitrogens with one attached hydrogen (secondary N) is 1. The Labute approximate surface area is 198 Å². The first-order chi connectivity index (χ1) is 16.5. The van der Waals surface area contributed by atoms with Crippen LogP contribution in [0, 0.1) is 6.92 Å². The molecule has 0 unspecified atom stereocenters. The molecule has 0 bridgehead atoms. The maximum absolute atomic E-state index is 13.1. The van der Waals surface area contributed by atoms with Crippen LogP contribution >= 0.6 is 0 Å². The molecule has 3 aromatic carbocycles. The number of hydrogen-bond acceptors (Lipinski definition) is 6. The highest BCUT2D eigenvalue weighted by molar-refractivity contribution is 6.05. The van der Waals surface area contributed by atoms with Crippen LogP contribution in [-0.2, 0) is 0 Å². The van der Waals surface area contributed by atoms with Gasteiger partial charge in [-0.25, -0.2) is 4.98 Å². The maximum atomic E-state index is 13.1. The summed E-state index contributed by atoms with van der Waals surface area (Å²) < 4.78 is 23.1. The summed E-state index contributed by atoms with van der Waals surface area (Å²) in [5.74, 6) is 1.68. The van der Waals surface area contributed by atoms with Crippen molar-refractivity contribution in [1.82, 2.24) is 4.98 Å². The topological polar surface area (TPSA) is 82.8 Å². The van der Waals surface area contributed by atoms with E-state index in [-0.39, 0.29) is 5.91 Å². The number of aromatic nitrogens is 1. The SMILES string of the molecule is CCOc1cc(C(=O)Nc2ccc3oc(-c4ccccc4C)nc3c2)cc(OCC)c1OCC. The summed E-state index contributed by atoms with van der Waals surface area (Å²) in [4.78, 5) is 17.7. The molecule has 4 aromatic rings. The minimum absolute atomic E-state index is 0.299. The maximum Gasteiger partial charge on any atom is 0.255 e. The molecule has 0 saturated heterocycles. The predicted molar refractivity (Wildman–Crippen MR) is 132 cm³/mol. The van der Waals surface area contributed by atoms with Gasteiger partial charge in [-0.3, -0.25) is 4.79 Å². The number of hydrogen-bond donors (Lipinski definition) is 1. The van der Waals surface area contributed by atoms with Gasteiger partial charge in [0.2, 0.25) is 11.6 Å². The minimum Gasteiger partial charge on any atom is -0.490 e. The number of carbonyl (C=O) groups excluding carboxylic acids is 1. The van der Waals surface area contributed by atoms with E-state index >= 15 is 0 Å². The third-order valence-corrected chi connectivity index (χ3v) is 5.19. The van der Waals surface area contributed by atoms with Crippen LogP contribution in [0.5, 0.6) is 17.2 Å². The lowest BCUT2D eigenvalue weighted by molar-refractivity contribution is 0.102. The molecule has 0 aliphatic heterocycles. The standard InChI is InChI=1S/C27H28N2O5/c1-5-31-23-14-18(15-24(32-6-2)25(23)33-7-3)26(30)28-19-12-13-22-21(16-19)29-27(34-22)20-11-9-8-10-17(20)4/h8-16H,5-7H2,1-4H3,(H,28,30). The van der Waals surface area contributed by atoms with Crippen LogP contribution in [0.2, 0.25) is 0 Å². The summed E-state index contributed by atoms with van der Waals surface area (Å²) >= 11 is 0. The van der Waals surface area contributed by atoms with Crippen LogP contribution in [0.25, 0.3) is 22.6 Å². The Morgan fingerprint density at radius 1 is 0.912 bits per heavy atom. The number of anilines is 1. The predicted octanol–water partition coefficient (Wildman–Crippen LogP) is 6.25. The molecule has 176 valence electrons. The molecule has 34 heavy (non-hydrogen) atoms. The van der Waals surface area contributed by atoms with Crippen LogP contribution in [-0.4, -0.2) is 30.7 Å². The van der Waals surface area contributed by atoms with Gasteiger partial charge < -0.3 is 23.9 Å². The van der Waals surface area contributed by atoms with E-state index in [2.05, 4.69) is 10.3 Å². The van der Waals surface area contributed by atoms with Crippen molar-refractivity contribution in [2.75, 3.05) is 25.1 Å². The Hall–Kier alpha value is -4.00. The van der Waals surface area contributed by atoms with E-state index < -0.39 is 0 Å². The van der Waals surface area contributed by atoms with Crippen molar-refractivity contribution in [2.24, 2.45) is 0 Å². The number of oxazole rings is 1. The average molecular weight is 461 g/mol. The molecule has 1 N–H and O–H groups in total. The zero-order valence-electron chi connectivity index (χ0n) is 19.8. The molecule has 0 radical (unpaired) electrons. The number of carbonyl (C=O) groups is 1. The molecule has 0 aliphatic rings. The Kier molecular flexibility index (Phi) is 7.01. The van der Waals surface area contributed by atoms with Crippen molar-refractivity contribution in [3.8, 4) is 28.7 Å². The molecule has 1 heterocycles. The highest BCUT2D eigenvalue weighted by atomic mass is 16.5. The zero-order chi connectivity index (χ0) is 24.1. The molecule has 0 aliphatic carbocycles. The van der Waals surface area contributed by atoms with E-state index in [9.17, 15) is 4.79 Å². The lowest BCUT2D eigenvalue weighted by atomic mass is 10.1. The monoisotopic (exact) mass is 460 g/mol. The molecule has 1 aromatic heterocycles. The Balaban J connectivity index is 1.63. The van der Waals surface area contributed by atoms with Gasteiger partial charge in [0.1, 0.15) is 5.52 Å². The molecule has 7 heteroatoms. The first-order valence-corrected chi connectivity index (χ1v) is 11.4. The van der Waals surface area contributed by atoms with Crippen molar-refractivity contribution in [3.05, 3.63) is 65.7 Å². The normalized spacial score (nSPS) is 10.8. The van der Waals surface area contributed by atoms with E-state index in [1.165, 1.54) is 0 Å². The molecule has 1 amide bonds. The number of fused-ring (bicyclic) bond motifs is 1. The fourth-order valence-corrected chi connectivity index (χ4v) is 3.66. The smallest absolute Gasteiger partial charge is 0.255 e. The van der Waals surface area contributed by atoms with Crippen LogP contribution in [0.4, 0.5) is 5.69 Å². The molecule has 0 spiro atoms. The fraction of sp³-hybridized carbons (Fsp3) is 0.259. The number of benzene rings is 3. The van der Waals surface area contributed by atoms with Crippen LogP contribution < -0.4 is 19.5 Å². The molecular formula is C27H28N2O5. The third kappa shape index (κ3) is 4.83. The highest BCUT2D eigenvalue weighted by Crippen LogP contribution is 2.39. The third-order valence-electron chi connectivity index (χ3n) is 5.19. The second-order valence-corrected chi connectivity index (χ2v) is 7.57. The van der Waals surface area contributed by atoms with Crippen molar-refractivity contribution in [3.63, 3.8) is 0 Å². The summed E-state index contributed by atoms with van der Waals surface area (Å²) in [5.41, 5.74) is 4.32. The Bertz CT molecular complexity index is 1280. The van der Waals surface area contributed by atoms with Crippen LogP contribution in [0.15, 0.2) is 59.0 Å². The molecule has 7 nitrogen and oxygen atoms in total.